The maximum atomic E-state index is 11.4. The first-order valence-corrected chi connectivity index (χ1v) is 6.31. The van der Waals surface area contributed by atoms with Crippen LogP contribution in [0, 0.1) is 10.1 Å². The van der Waals surface area contributed by atoms with Gasteiger partial charge in [-0.05, 0) is 6.07 Å². The topological polar surface area (TPSA) is 90.7 Å². The summed E-state index contributed by atoms with van der Waals surface area (Å²) < 4.78 is 10.3. The molecule has 108 valence electrons. The van der Waals surface area contributed by atoms with Crippen LogP contribution in [0.3, 0.4) is 0 Å². The summed E-state index contributed by atoms with van der Waals surface area (Å²) in [7, 11) is 1.32. The number of carbonyl (C=O) groups excluding carboxylic acids is 1. The third kappa shape index (κ3) is 3.17. The van der Waals surface area contributed by atoms with E-state index in [1.165, 1.54) is 25.3 Å². The van der Waals surface area contributed by atoms with E-state index in [0.717, 1.165) is 0 Å². The van der Waals surface area contributed by atoms with Crippen molar-refractivity contribution < 1.29 is 19.2 Å². The first kappa shape index (κ1) is 14.5. The molecule has 0 bridgehead atoms. The van der Waals surface area contributed by atoms with E-state index >= 15 is 0 Å². The SMILES string of the molecule is COC(=O)[C@@H]1C[C@H](Oc2ccc([N+](=O)[O-])cc2Cl)CN1. The highest BCUT2D eigenvalue weighted by atomic mass is 35.5. The number of rotatable bonds is 4. The highest BCUT2D eigenvalue weighted by Gasteiger charge is 2.31. The Morgan fingerprint density at radius 1 is 1.55 bits per heavy atom. The van der Waals surface area contributed by atoms with E-state index in [0.29, 0.717) is 18.7 Å². The Morgan fingerprint density at radius 3 is 2.90 bits per heavy atom. The van der Waals surface area contributed by atoms with E-state index in [4.69, 9.17) is 16.3 Å². The summed E-state index contributed by atoms with van der Waals surface area (Å²) >= 11 is 5.94. The maximum absolute atomic E-state index is 11.4. The Labute approximate surface area is 120 Å². The molecule has 1 aliphatic rings. The second-order valence-corrected chi connectivity index (χ2v) is 4.74. The molecule has 8 heteroatoms. The first-order valence-electron chi connectivity index (χ1n) is 5.93. The monoisotopic (exact) mass is 300 g/mol. The van der Waals surface area contributed by atoms with Crippen molar-refractivity contribution in [3.8, 4) is 5.75 Å². The number of methoxy groups -OCH3 is 1. The van der Waals surface area contributed by atoms with Crippen molar-refractivity contribution in [3.05, 3.63) is 33.3 Å². The third-order valence-corrected chi connectivity index (χ3v) is 3.29. The van der Waals surface area contributed by atoms with Gasteiger partial charge in [-0.1, -0.05) is 11.6 Å². The normalized spacial score (nSPS) is 21.5. The molecule has 1 aliphatic heterocycles. The van der Waals surface area contributed by atoms with Gasteiger partial charge in [0.1, 0.15) is 17.9 Å². The van der Waals surface area contributed by atoms with Crippen LogP contribution in [0.1, 0.15) is 6.42 Å². The van der Waals surface area contributed by atoms with Gasteiger partial charge in [0, 0.05) is 25.1 Å². The van der Waals surface area contributed by atoms with Gasteiger partial charge in [-0.15, -0.1) is 0 Å². The number of hydrogen-bond acceptors (Lipinski definition) is 6. The number of esters is 1. The van der Waals surface area contributed by atoms with Crippen molar-refractivity contribution in [3.63, 3.8) is 0 Å². The van der Waals surface area contributed by atoms with Gasteiger partial charge in [-0.2, -0.15) is 0 Å². The predicted octanol–water partition coefficient (Wildman–Crippen LogP) is 1.53. The average Bonchev–Trinajstić information content (AvgIpc) is 2.88. The number of benzene rings is 1. The fraction of sp³-hybridized carbons (Fsp3) is 0.417. The lowest BCUT2D eigenvalue weighted by molar-refractivity contribution is -0.384. The van der Waals surface area contributed by atoms with Gasteiger partial charge in [0.25, 0.3) is 5.69 Å². The van der Waals surface area contributed by atoms with Gasteiger partial charge in [-0.3, -0.25) is 14.9 Å². The van der Waals surface area contributed by atoms with Crippen LogP contribution in [-0.4, -0.2) is 36.7 Å². The third-order valence-electron chi connectivity index (χ3n) is 3.00. The standard InChI is InChI=1S/C12H13ClN2O5/c1-19-12(16)10-5-8(6-14-10)20-11-3-2-7(15(17)18)4-9(11)13/h2-4,8,10,14H,5-6H2,1H3/t8-,10-/m0/s1. The molecule has 1 heterocycles. The zero-order chi connectivity index (χ0) is 14.7. The van der Waals surface area contributed by atoms with Gasteiger partial charge in [-0.25, -0.2) is 0 Å². The Hall–Kier alpha value is -1.86. The first-order chi connectivity index (χ1) is 9.51. The molecule has 20 heavy (non-hydrogen) atoms. The van der Waals surface area contributed by atoms with Crippen LogP contribution >= 0.6 is 11.6 Å². The molecule has 1 aromatic carbocycles. The van der Waals surface area contributed by atoms with Crippen molar-refractivity contribution in [2.24, 2.45) is 0 Å². The summed E-state index contributed by atoms with van der Waals surface area (Å²) in [4.78, 5) is 21.4. The minimum absolute atomic E-state index is 0.0978. The van der Waals surface area contributed by atoms with Gasteiger partial charge in [0.2, 0.25) is 0 Å². The predicted molar refractivity (Wildman–Crippen MR) is 70.9 cm³/mol. The molecule has 1 fully saturated rings. The number of hydrogen-bond donors (Lipinski definition) is 1. The smallest absolute Gasteiger partial charge is 0.323 e. The number of ether oxygens (including phenoxy) is 2. The molecule has 0 saturated carbocycles. The lowest BCUT2D eigenvalue weighted by atomic mass is 10.2. The van der Waals surface area contributed by atoms with Crippen LogP contribution in [0.5, 0.6) is 5.75 Å². The average molecular weight is 301 g/mol. The summed E-state index contributed by atoms with van der Waals surface area (Å²) in [6, 6.07) is 3.60. The highest BCUT2D eigenvalue weighted by molar-refractivity contribution is 6.32. The van der Waals surface area contributed by atoms with Crippen molar-refractivity contribution in [1.82, 2.24) is 5.32 Å². The van der Waals surface area contributed by atoms with Crippen LogP contribution in [0.4, 0.5) is 5.69 Å². The summed E-state index contributed by atoms with van der Waals surface area (Å²) in [5.74, 6) is 0.0143. The second-order valence-electron chi connectivity index (χ2n) is 4.33. The molecule has 1 aromatic rings. The number of nitrogens with one attached hydrogen (secondary N) is 1. The highest BCUT2D eigenvalue weighted by Crippen LogP contribution is 2.30. The Bertz CT molecular complexity index is 537. The van der Waals surface area contributed by atoms with Gasteiger partial charge in [0.15, 0.2) is 0 Å². The zero-order valence-electron chi connectivity index (χ0n) is 10.7. The molecule has 2 atom stereocenters. The van der Waals surface area contributed by atoms with Crippen molar-refractivity contribution in [2.75, 3.05) is 13.7 Å². The summed E-state index contributed by atoms with van der Waals surface area (Å²) in [6.07, 6.45) is 0.220. The molecular weight excluding hydrogens is 288 g/mol. The summed E-state index contributed by atoms with van der Waals surface area (Å²) in [5.41, 5.74) is -0.0978. The number of carbonyl (C=O) groups is 1. The molecule has 0 unspecified atom stereocenters. The molecule has 2 rings (SSSR count). The number of halogens is 1. The van der Waals surface area contributed by atoms with E-state index < -0.39 is 11.0 Å². The molecule has 0 aliphatic carbocycles. The number of nitro groups is 1. The molecule has 0 amide bonds. The number of non-ortho nitro benzene ring substituents is 1. The van der Waals surface area contributed by atoms with E-state index in [1.807, 2.05) is 0 Å². The van der Waals surface area contributed by atoms with E-state index in [-0.39, 0.29) is 22.8 Å². The number of nitrogens with zero attached hydrogens (tertiary/aromatic N) is 1. The van der Waals surface area contributed by atoms with Crippen LogP contribution in [0.15, 0.2) is 18.2 Å². The Kier molecular flexibility index (Phi) is 4.41. The zero-order valence-corrected chi connectivity index (χ0v) is 11.4. The lowest BCUT2D eigenvalue weighted by Crippen LogP contribution is -2.31. The molecule has 7 nitrogen and oxygen atoms in total. The van der Waals surface area contributed by atoms with Crippen LogP contribution in [0.2, 0.25) is 5.02 Å². The van der Waals surface area contributed by atoms with E-state index in [2.05, 4.69) is 10.1 Å². The Morgan fingerprint density at radius 2 is 2.30 bits per heavy atom. The second kappa shape index (κ2) is 6.06. The quantitative estimate of drug-likeness (QED) is 0.515. The largest absolute Gasteiger partial charge is 0.487 e. The fourth-order valence-electron chi connectivity index (χ4n) is 1.99. The van der Waals surface area contributed by atoms with Crippen LogP contribution < -0.4 is 10.1 Å². The maximum Gasteiger partial charge on any atom is 0.323 e. The molecular formula is C12H13ClN2O5. The van der Waals surface area contributed by atoms with Crippen LogP contribution in [-0.2, 0) is 9.53 Å². The van der Waals surface area contributed by atoms with Gasteiger partial charge < -0.3 is 14.8 Å². The summed E-state index contributed by atoms with van der Waals surface area (Å²) in [5, 5.41) is 13.7. The Balaban J connectivity index is 2.01. The van der Waals surface area contributed by atoms with Crippen molar-refractivity contribution >= 4 is 23.3 Å². The molecule has 1 N–H and O–H groups in total. The summed E-state index contributed by atoms with van der Waals surface area (Å²) in [6.45, 7) is 0.479. The number of nitro benzene ring substituents is 1. The van der Waals surface area contributed by atoms with E-state index in [9.17, 15) is 14.9 Å². The molecule has 1 saturated heterocycles. The molecule has 0 aromatic heterocycles. The minimum atomic E-state index is -0.528. The van der Waals surface area contributed by atoms with Crippen molar-refractivity contribution in [1.29, 1.82) is 0 Å². The molecule has 0 radical (unpaired) electrons. The van der Waals surface area contributed by atoms with Crippen LogP contribution in [0.25, 0.3) is 0 Å². The minimum Gasteiger partial charge on any atom is -0.487 e. The molecule has 0 spiro atoms. The van der Waals surface area contributed by atoms with E-state index in [1.54, 1.807) is 0 Å². The lowest BCUT2D eigenvalue weighted by Gasteiger charge is -2.13. The van der Waals surface area contributed by atoms with Gasteiger partial charge >= 0.3 is 5.97 Å². The van der Waals surface area contributed by atoms with Gasteiger partial charge in [0.05, 0.1) is 17.1 Å². The fourth-order valence-corrected chi connectivity index (χ4v) is 2.21. The van der Waals surface area contributed by atoms with Crippen molar-refractivity contribution in [2.45, 2.75) is 18.6 Å².